The summed E-state index contributed by atoms with van der Waals surface area (Å²) in [5.41, 5.74) is 0.626. The number of nitrogens with one attached hydrogen (secondary N) is 2. The normalized spacial score (nSPS) is 25.5. The van der Waals surface area contributed by atoms with Crippen LogP contribution in [0.5, 0.6) is 0 Å². The van der Waals surface area contributed by atoms with E-state index < -0.39 is 0 Å². The fraction of sp³-hybridized carbons (Fsp3) is 0.500. The van der Waals surface area contributed by atoms with Crippen LogP contribution in [0.2, 0.25) is 0 Å². The highest BCUT2D eigenvalue weighted by Crippen LogP contribution is 2.46. The van der Waals surface area contributed by atoms with Gasteiger partial charge >= 0.3 is 0 Å². The lowest BCUT2D eigenvalue weighted by Gasteiger charge is -2.44. The molecule has 0 bridgehead atoms. The predicted octanol–water partition coefficient (Wildman–Crippen LogP) is 2.64. The number of carbonyl (C=O) groups excluding carboxylic acids is 1. The van der Waals surface area contributed by atoms with Gasteiger partial charge in [-0.1, -0.05) is 13.8 Å². The Labute approximate surface area is 141 Å². The van der Waals surface area contributed by atoms with E-state index in [4.69, 9.17) is 0 Å². The summed E-state index contributed by atoms with van der Waals surface area (Å²) in [6, 6.07) is 5.62. The van der Waals surface area contributed by atoms with Crippen molar-refractivity contribution in [3.63, 3.8) is 0 Å². The maximum atomic E-state index is 12.6. The molecule has 6 nitrogen and oxygen atoms in total. The van der Waals surface area contributed by atoms with Gasteiger partial charge in [-0.25, -0.2) is 9.97 Å². The summed E-state index contributed by atoms with van der Waals surface area (Å²) in [7, 11) is 0. The van der Waals surface area contributed by atoms with E-state index in [-0.39, 0.29) is 11.4 Å². The minimum absolute atomic E-state index is 0.0368. The van der Waals surface area contributed by atoms with Crippen molar-refractivity contribution in [1.82, 2.24) is 19.9 Å². The third kappa shape index (κ3) is 2.46. The number of aromatic nitrogens is 3. The lowest BCUT2D eigenvalue weighted by Crippen LogP contribution is -2.53. The van der Waals surface area contributed by atoms with E-state index >= 15 is 0 Å². The van der Waals surface area contributed by atoms with Crippen molar-refractivity contribution >= 4 is 11.7 Å². The predicted molar refractivity (Wildman–Crippen MR) is 91.9 cm³/mol. The van der Waals surface area contributed by atoms with E-state index in [2.05, 4.69) is 34.1 Å². The molecule has 2 aliphatic rings. The smallest absolute Gasteiger partial charge is 0.270 e. The fourth-order valence-corrected chi connectivity index (χ4v) is 3.81. The minimum Gasteiger partial charge on any atom is -0.362 e. The van der Waals surface area contributed by atoms with Gasteiger partial charge in [-0.15, -0.1) is 0 Å². The molecular weight excluding hydrogens is 302 g/mol. The second kappa shape index (κ2) is 5.61. The topological polar surface area (TPSA) is 73.9 Å². The summed E-state index contributed by atoms with van der Waals surface area (Å²) in [6.07, 6.45) is 5.84. The van der Waals surface area contributed by atoms with Gasteiger partial charge in [0.15, 0.2) is 0 Å². The number of H-pyrrole nitrogens is 1. The van der Waals surface area contributed by atoms with Crippen LogP contribution in [-0.2, 0) is 0 Å². The molecule has 2 fully saturated rings. The third-order valence-corrected chi connectivity index (χ3v) is 5.32. The van der Waals surface area contributed by atoms with Crippen LogP contribution in [-0.4, -0.2) is 44.4 Å². The van der Waals surface area contributed by atoms with E-state index in [1.165, 1.54) is 0 Å². The zero-order valence-corrected chi connectivity index (χ0v) is 14.1. The molecule has 2 aromatic rings. The summed E-state index contributed by atoms with van der Waals surface area (Å²) >= 11 is 0. The Kier molecular flexibility index (Phi) is 3.55. The van der Waals surface area contributed by atoms with Crippen LogP contribution in [0.15, 0.2) is 30.6 Å². The molecule has 1 saturated carbocycles. The molecule has 2 N–H and O–H groups in total. The van der Waals surface area contributed by atoms with Gasteiger partial charge in [0.1, 0.15) is 17.3 Å². The van der Waals surface area contributed by atoms with Crippen LogP contribution in [0.4, 0.5) is 5.82 Å². The molecule has 0 aromatic carbocycles. The van der Waals surface area contributed by atoms with Crippen LogP contribution in [0.25, 0.3) is 0 Å². The van der Waals surface area contributed by atoms with Crippen LogP contribution in [0.3, 0.4) is 0 Å². The zero-order valence-electron chi connectivity index (χ0n) is 14.1. The Balaban J connectivity index is 1.51. The van der Waals surface area contributed by atoms with Crippen molar-refractivity contribution in [2.24, 2.45) is 5.92 Å². The van der Waals surface area contributed by atoms with E-state index in [0.717, 1.165) is 37.6 Å². The number of carbonyl (C=O) groups is 1. The van der Waals surface area contributed by atoms with Crippen LogP contribution < -0.4 is 5.32 Å². The van der Waals surface area contributed by atoms with Gasteiger partial charge in [0, 0.05) is 37.3 Å². The lowest BCUT2D eigenvalue weighted by molar-refractivity contribution is 0.0781. The summed E-state index contributed by atoms with van der Waals surface area (Å²) in [5, 5.41) is 3.62. The van der Waals surface area contributed by atoms with Crippen molar-refractivity contribution in [1.29, 1.82) is 0 Å². The molecule has 1 saturated heterocycles. The molecule has 1 aliphatic heterocycles. The first-order valence-corrected chi connectivity index (χ1v) is 8.61. The average Bonchev–Trinajstić information content (AvgIpc) is 3.17. The van der Waals surface area contributed by atoms with Crippen molar-refractivity contribution in [2.45, 2.75) is 38.1 Å². The second-order valence-electron chi connectivity index (χ2n) is 7.24. The quantitative estimate of drug-likeness (QED) is 0.906. The van der Waals surface area contributed by atoms with E-state index in [1.807, 2.05) is 29.3 Å². The molecule has 2 unspecified atom stereocenters. The number of rotatable bonds is 4. The first kappa shape index (κ1) is 15.2. The third-order valence-electron chi connectivity index (χ3n) is 5.32. The summed E-state index contributed by atoms with van der Waals surface area (Å²) in [5.74, 6) is 2.60. The Morgan fingerprint density at radius 2 is 2.33 bits per heavy atom. The van der Waals surface area contributed by atoms with Crippen molar-refractivity contribution < 1.29 is 4.79 Å². The number of amides is 1. The van der Waals surface area contributed by atoms with Gasteiger partial charge < -0.3 is 15.2 Å². The summed E-state index contributed by atoms with van der Waals surface area (Å²) < 4.78 is 0. The number of nitrogens with zero attached hydrogens (tertiary/aromatic N) is 3. The molecule has 2 aromatic heterocycles. The van der Waals surface area contributed by atoms with Gasteiger partial charge in [-0.05, 0) is 31.0 Å². The molecule has 1 aliphatic carbocycles. The highest BCUT2D eigenvalue weighted by atomic mass is 16.2. The first-order valence-electron chi connectivity index (χ1n) is 8.61. The Morgan fingerprint density at radius 1 is 1.46 bits per heavy atom. The van der Waals surface area contributed by atoms with Crippen LogP contribution >= 0.6 is 0 Å². The number of fused-ring (bicyclic) bond motifs is 1. The Morgan fingerprint density at radius 3 is 3.00 bits per heavy atom. The Hall–Kier alpha value is -2.37. The monoisotopic (exact) mass is 325 g/mol. The maximum absolute atomic E-state index is 12.6. The van der Waals surface area contributed by atoms with Gasteiger partial charge in [0.2, 0.25) is 0 Å². The highest BCUT2D eigenvalue weighted by molar-refractivity contribution is 5.92. The van der Waals surface area contributed by atoms with E-state index in [9.17, 15) is 4.79 Å². The summed E-state index contributed by atoms with van der Waals surface area (Å²) in [4.78, 5) is 26.5. The number of aromatic amines is 1. The Bertz CT molecular complexity index is 742. The molecule has 4 rings (SSSR count). The van der Waals surface area contributed by atoms with E-state index in [0.29, 0.717) is 17.5 Å². The van der Waals surface area contributed by atoms with Gasteiger partial charge in [0.05, 0.1) is 5.54 Å². The molecule has 0 radical (unpaired) electrons. The van der Waals surface area contributed by atoms with Gasteiger partial charge in [-0.3, -0.25) is 4.79 Å². The van der Waals surface area contributed by atoms with E-state index in [1.54, 1.807) is 6.20 Å². The SMILES string of the molecule is CC(C)c1nccc(NC23CCC2CN(C(=O)c2ccc[nH]2)C3)n1. The number of likely N-dealkylation sites (tertiary alicyclic amines) is 1. The fourth-order valence-electron chi connectivity index (χ4n) is 3.81. The molecule has 3 heterocycles. The second-order valence-corrected chi connectivity index (χ2v) is 7.24. The molecule has 126 valence electrons. The molecule has 0 spiro atoms. The van der Waals surface area contributed by atoms with Gasteiger partial charge in [-0.2, -0.15) is 0 Å². The maximum Gasteiger partial charge on any atom is 0.270 e. The van der Waals surface area contributed by atoms with Crippen molar-refractivity contribution in [2.75, 3.05) is 18.4 Å². The van der Waals surface area contributed by atoms with Crippen LogP contribution in [0, 0.1) is 5.92 Å². The average molecular weight is 325 g/mol. The lowest BCUT2D eigenvalue weighted by atomic mass is 9.69. The first-order chi connectivity index (χ1) is 11.6. The number of anilines is 1. The number of hydrogen-bond donors (Lipinski definition) is 2. The van der Waals surface area contributed by atoms with Crippen molar-refractivity contribution in [3.05, 3.63) is 42.1 Å². The highest BCUT2D eigenvalue weighted by Gasteiger charge is 2.54. The molecule has 2 atom stereocenters. The molecule has 1 amide bonds. The summed E-state index contributed by atoms with van der Waals surface area (Å²) in [6.45, 7) is 5.73. The zero-order chi connectivity index (χ0) is 16.7. The molecule has 24 heavy (non-hydrogen) atoms. The number of hydrogen-bond acceptors (Lipinski definition) is 4. The van der Waals surface area contributed by atoms with Gasteiger partial charge in [0.25, 0.3) is 5.91 Å². The van der Waals surface area contributed by atoms with Crippen LogP contribution in [0.1, 0.15) is 48.9 Å². The molecule has 6 heteroatoms. The van der Waals surface area contributed by atoms with Crippen molar-refractivity contribution in [3.8, 4) is 0 Å². The minimum atomic E-state index is -0.0368. The molecular formula is C18H23N5O. The standard InChI is InChI=1S/C18H23N5O/c1-12(2)16-20-9-6-15(21-16)22-18-7-5-13(18)10-23(11-18)17(24)14-4-3-8-19-14/h3-4,6,8-9,12-13,19H,5,7,10-11H2,1-2H3,(H,20,21,22). The largest absolute Gasteiger partial charge is 0.362 e.